The minimum atomic E-state index is -0.945. The van der Waals surface area contributed by atoms with E-state index in [0.717, 1.165) is 5.56 Å². The van der Waals surface area contributed by atoms with Gasteiger partial charge in [-0.15, -0.1) is 0 Å². The molecule has 0 aliphatic heterocycles. The third kappa shape index (κ3) is 7.57. The van der Waals surface area contributed by atoms with E-state index in [4.69, 9.17) is 14.2 Å². The van der Waals surface area contributed by atoms with Crippen molar-refractivity contribution in [3.63, 3.8) is 0 Å². The second kappa shape index (κ2) is 12.4. The number of carbonyl (C=O) groups excluding carboxylic acids is 3. The molecule has 0 radical (unpaired) electrons. The molecule has 0 saturated carbocycles. The molecule has 3 aromatic rings. The number of rotatable bonds is 8. The summed E-state index contributed by atoms with van der Waals surface area (Å²) < 4.78 is 15.6. The summed E-state index contributed by atoms with van der Waals surface area (Å²) >= 11 is 0. The van der Waals surface area contributed by atoms with Crippen LogP contribution in [0.1, 0.15) is 11.1 Å². The van der Waals surface area contributed by atoms with Crippen molar-refractivity contribution >= 4 is 35.8 Å². The monoisotopic (exact) mass is 473 g/mol. The zero-order chi connectivity index (χ0) is 25.0. The highest BCUT2D eigenvalue weighted by molar-refractivity contribution is 6.39. The average molecular weight is 473 g/mol. The van der Waals surface area contributed by atoms with Gasteiger partial charge in [-0.3, -0.25) is 9.59 Å². The molecule has 9 nitrogen and oxygen atoms in total. The molecule has 0 aliphatic carbocycles. The first-order valence-electron chi connectivity index (χ1n) is 10.4. The van der Waals surface area contributed by atoms with E-state index in [1.54, 1.807) is 42.5 Å². The van der Waals surface area contributed by atoms with Crippen LogP contribution in [0.15, 0.2) is 84.0 Å². The second-order valence-electron chi connectivity index (χ2n) is 6.96. The maximum absolute atomic E-state index is 12.1. The minimum absolute atomic E-state index is 0.218. The summed E-state index contributed by atoms with van der Waals surface area (Å²) in [7, 11) is 2.96. The highest BCUT2D eigenvalue weighted by atomic mass is 16.6. The van der Waals surface area contributed by atoms with Crippen molar-refractivity contribution in [3.8, 4) is 17.2 Å². The lowest BCUT2D eigenvalue weighted by Gasteiger charge is -2.08. The van der Waals surface area contributed by atoms with Crippen LogP contribution < -0.4 is 25.0 Å². The Bertz CT molecular complexity index is 1240. The van der Waals surface area contributed by atoms with Gasteiger partial charge in [-0.05, 0) is 59.7 Å². The Balaban J connectivity index is 1.55. The zero-order valence-electron chi connectivity index (χ0n) is 19.1. The van der Waals surface area contributed by atoms with Crippen LogP contribution >= 0.6 is 0 Å². The summed E-state index contributed by atoms with van der Waals surface area (Å²) in [6, 6.07) is 20.6. The van der Waals surface area contributed by atoms with E-state index in [1.165, 1.54) is 32.6 Å². The van der Waals surface area contributed by atoms with Crippen LogP contribution in [-0.4, -0.2) is 38.2 Å². The Morgan fingerprint density at radius 3 is 2.23 bits per heavy atom. The van der Waals surface area contributed by atoms with Crippen LogP contribution in [0.4, 0.5) is 5.69 Å². The highest BCUT2D eigenvalue weighted by Crippen LogP contribution is 2.27. The molecule has 0 aromatic heterocycles. The fourth-order valence-corrected chi connectivity index (χ4v) is 2.80. The van der Waals surface area contributed by atoms with Crippen molar-refractivity contribution in [2.45, 2.75) is 0 Å². The number of esters is 1. The normalized spacial score (nSPS) is 10.7. The van der Waals surface area contributed by atoms with Crippen LogP contribution in [0.5, 0.6) is 17.2 Å². The zero-order valence-corrected chi connectivity index (χ0v) is 19.1. The van der Waals surface area contributed by atoms with Gasteiger partial charge in [-0.25, -0.2) is 10.2 Å². The fraction of sp³-hybridized carbons (Fsp3) is 0.0769. The molecule has 9 heteroatoms. The van der Waals surface area contributed by atoms with Crippen molar-refractivity contribution in [1.82, 2.24) is 5.43 Å². The van der Waals surface area contributed by atoms with Gasteiger partial charge < -0.3 is 19.5 Å². The van der Waals surface area contributed by atoms with Crippen molar-refractivity contribution in [2.75, 3.05) is 19.5 Å². The molecule has 2 N–H and O–H groups in total. The fourth-order valence-electron chi connectivity index (χ4n) is 2.80. The maximum Gasteiger partial charge on any atom is 0.336 e. The Morgan fingerprint density at radius 1 is 0.800 bits per heavy atom. The SMILES string of the molecule is COc1ccc(NC(=O)C(=O)NN=Cc2ccc(OC(=O)C=Cc3ccccc3)c(OC)c2)cc1. The van der Waals surface area contributed by atoms with Crippen LogP contribution in [0.3, 0.4) is 0 Å². The number of benzene rings is 3. The molecule has 0 bridgehead atoms. The van der Waals surface area contributed by atoms with Crippen molar-refractivity contribution in [1.29, 1.82) is 0 Å². The quantitative estimate of drug-likeness (QED) is 0.129. The molecular weight excluding hydrogens is 450 g/mol. The number of methoxy groups -OCH3 is 2. The van der Waals surface area contributed by atoms with Crippen molar-refractivity contribution in [2.24, 2.45) is 5.10 Å². The Hall–Kier alpha value is -4.92. The van der Waals surface area contributed by atoms with E-state index in [-0.39, 0.29) is 5.75 Å². The van der Waals surface area contributed by atoms with Gasteiger partial charge in [0.25, 0.3) is 0 Å². The minimum Gasteiger partial charge on any atom is -0.497 e. The van der Waals surface area contributed by atoms with E-state index in [9.17, 15) is 14.4 Å². The van der Waals surface area contributed by atoms with E-state index >= 15 is 0 Å². The van der Waals surface area contributed by atoms with Gasteiger partial charge in [0, 0.05) is 11.8 Å². The maximum atomic E-state index is 12.1. The van der Waals surface area contributed by atoms with Gasteiger partial charge in [-0.1, -0.05) is 30.3 Å². The van der Waals surface area contributed by atoms with E-state index in [0.29, 0.717) is 22.7 Å². The van der Waals surface area contributed by atoms with Crippen molar-refractivity contribution < 1.29 is 28.6 Å². The summed E-state index contributed by atoms with van der Waals surface area (Å²) in [5, 5.41) is 6.23. The summed E-state index contributed by atoms with van der Waals surface area (Å²) in [6.45, 7) is 0. The molecule has 0 heterocycles. The first-order chi connectivity index (χ1) is 17.0. The lowest BCUT2D eigenvalue weighted by Crippen LogP contribution is -2.32. The smallest absolute Gasteiger partial charge is 0.336 e. The molecule has 178 valence electrons. The van der Waals surface area contributed by atoms with Gasteiger partial charge in [-0.2, -0.15) is 5.10 Å². The standard InChI is InChI=1S/C26H23N3O6/c1-33-21-12-10-20(11-13-21)28-25(31)26(32)29-27-17-19-8-14-22(23(16-19)34-2)35-24(30)15-9-18-6-4-3-5-7-18/h3-17H,1-2H3,(H,28,31)(H,29,32). The number of nitrogens with zero attached hydrogens (tertiary/aromatic N) is 1. The van der Waals surface area contributed by atoms with Gasteiger partial charge in [0.15, 0.2) is 11.5 Å². The number of ether oxygens (including phenoxy) is 3. The van der Waals surface area contributed by atoms with Crippen LogP contribution in [0.25, 0.3) is 6.08 Å². The largest absolute Gasteiger partial charge is 0.497 e. The Labute approximate surface area is 202 Å². The van der Waals surface area contributed by atoms with Crippen LogP contribution in [-0.2, 0) is 14.4 Å². The first kappa shape index (κ1) is 24.7. The number of hydrogen-bond acceptors (Lipinski definition) is 7. The van der Waals surface area contributed by atoms with Gasteiger partial charge in [0.1, 0.15) is 5.75 Å². The lowest BCUT2D eigenvalue weighted by molar-refractivity contribution is -0.136. The van der Waals surface area contributed by atoms with Gasteiger partial charge in [0.05, 0.1) is 20.4 Å². The number of carbonyl (C=O) groups is 3. The predicted molar refractivity (Wildman–Crippen MR) is 131 cm³/mol. The molecule has 0 fully saturated rings. The molecule has 0 unspecified atom stereocenters. The molecule has 3 aromatic carbocycles. The average Bonchev–Trinajstić information content (AvgIpc) is 2.89. The second-order valence-corrected chi connectivity index (χ2v) is 6.96. The number of hydrogen-bond donors (Lipinski definition) is 2. The molecule has 0 spiro atoms. The summed E-state index contributed by atoms with van der Waals surface area (Å²) in [4.78, 5) is 36.1. The number of nitrogens with one attached hydrogen (secondary N) is 2. The summed E-state index contributed by atoms with van der Waals surface area (Å²) in [5.74, 6) is -1.26. The molecule has 35 heavy (non-hydrogen) atoms. The van der Waals surface area contributed by atoms with Gasteiger partial charge >= 0.3 is 17.8 Å². The topological polar surface area (TPSA) is 115 Å². The molecule has 0 atom stereocenters. The van der Waals surface area contributed by atoms with E-state index in [2.05, 4.69) is 15.8 Å². The molecule has 0 aliphatic rings. The molecular formula is C26H23N3O6. The molecule has 2 amide bonds. The summed E-state index contributed by atoms with van der Waals surface area (Å²) in [6.07, 6.45) is 4.28. The Kier molecular flexibility index (Phi) is 8.73. The van der Waals surface area contributed by atoms with Crippen LogP contribution in [0, 0.1) is 0 Å². The summed E-state index contributed by atoms with van der Waals surface area (Å²) in [5.41, 5.74) is 3.99. The Morgan fingerprint density at radius 2 is 1.54 bits per heavy atom. The predicted octanol–water partition coefficient (Wildman–Crippen LogP) is 3.41. The van der Waals surface area contributed by atoms with Crippen molar-refractivity contribution in [3.05, 3.63) is 90.0 Å². The van der Waals surface area contributed by atoms with Crippen LogP contribution in [0.2, 0.25) is 0 Å². The van der Waals surface area contributed by atoms with E-state index in [1.807, 2.05) is 30.3 Å². The third-order valence-corrected chi connectivity index (χ3v) is 4.54. The lowest BCUT2D eigenvalue weighted by atomic mass is 10.2. The number of anilines is 1. The molecule has 0 saturated heterocycles. The molecule has 3 rings (SSSR count). The number of hydrazone groups is 1. The highest BCUT2D eigenvalue weighted by Gasteiger charge is 2.13. The van der Waals surface area contributed by atoms with Gasteiger partial charge in [0.2, 0.25) is 0 Å². The first-order valence-corrected chi connectivity index (χ1v) is 10.4. The third-order valence-electron chi connectivity index (χ3n) is 4.54. The number of amides is 2. The van der Waals surface area contributed by atoms with E-state index < -0.39 is 17.8 Å².